The van der Waals surface area contributed by atoms with Crippen molar-refractivity contribution in [2.45, 2.75) is 11.6 Å². The van der Waals surface area contributed by atoms with Crippen molar-refractivity contribution in [2.75, 3.05) is 4.72 Å². The van der Waals surface area contributed by atoms with Crippen molar-refractivity contribution < 1.29 is 13.5 Å². The lowest BCUT2D eigenvalue weighted by molar-refractivity contribution is 0.281. The minimum Gasteiger partial charge on any atom is -0.392 e. The summed E-state index contributed by atoms with van der Waals surface area (Å²) in [7, 11) is -2.06. The maximum absolute atomic E-state index is 11.9. The Morgan fingerprint density at radius 2 is 2.17 bits per heavy atom. The zero-order valence-corrected chi connectivity index (χ0v) is 10.4. The molecule has 0 bridgehead atoms. The topological polar surface area (TPSA) is 97.1 Å². The average molecular weight is 268 g/mol. The van der Waals surface area contributed by atoms with Crippen molar-refractivity contribution >= 4 is 15.8 Å². The molecule has 2 aromatic rings. The minimum absolute atomic E-state index is 0.120. The molecule has 0 aromatic carbocycles. The molecular formula is C10H12N4O3S. The molecule has 7 nitrogen and oxygen atoms in total. The number of anilines is 1. The molecule has 0 amide bonds. The summed E-state index contributed by atoms with van der Waals surface area (Å²) >= 11 is 0. The molecule has 0 spiro atoms. The number of aliphatic hydroxyl groups excluding tert-OH is 1. The molecule has 0 unspecified atom stereocenters. The van der Waals surface area contributed by atoms with Crippen molar-refractivity contribution in [2.24, 2.45) is 7.05 Å². The number of aliphatic hydroxyl groups is 1. The van der Waals surface area contributed by atoms with Crippen molar-refractivity contribution in [3.8, 4) is 0 Å². The van der Waals surface area contributed by atoms with E-state index in [0.29, 0.717) is 5.56 Å². The normalized spacial score (nSPS) is 11.4. The van der Waals surface area contributed by atoms with E-state index in [4.69, 9.17) is 5.11 Å². The van der Waals surface area contributed by atoms with Gasteiger partial charge in [-0.25, -0.2) is 4.98 Å². The Balaban J connectivity index is 2.24. The van der Waals surface area contributed by atoms with Crippen LogP contribution in [0.25, 0.3) is 0 Å². The first-order valence-corrected chi connectivity index (χ1v) is 6.58. The number of rotatable bonds is 4. The van der Waals surface area contributed by atoms with Crippen LogP contribution in [-0.4, -0.2) is 28.3 Å². The van der Waals surface area contributed by atoms with Crippen molar-refractivity contribution in [3.63, 3.8) is 0 Å². The van der Waals surface area contributed by atoms with Crippen LogP contribution >= 0.6 is 0 Å². The van der Waals surface area contributed by atoms with E-state index in [1.165, 1.54) is 23.0 Å². The molecule has 8 heteroatoms. The van der Waals surface area contributed by atoms with Crippen LogP contribution in [0.3, 0.4) is 0 Å². The fraction of sp³-hybridized carbons (Fsp3) is 0.200. The maximum atomic E-state index is 11.9. The Morgan fingerprint density at radius 3 is 2.67 bits per heavy atom. The predicted octanol–water partition coefficient (Wildman–Crippen LogP) is 0.108. The molecule has 2 N–H and O–H groups in total. The molecule has 18 heavy (non-hydrogen) atoms. The van der Waals surface area contributed by atoms with E-state index >= 15 is 0 Å². The maximum Gasteiger partial charge on any atom is 0.280 e. The first-order valence-electron chi connectivity index (χ1n) is 5.09. The van der Waals surface area contributed by atoms with Gasteiger partial charge in [0, 0.05) is 25.5 Å². The number of aryl methyl sites for hydroxylation is 1. The highest BCUT2D eigenvalue weighted by Gasteiger charge is 2.16. The summed E-state index contributed by atoms with van der Waals surface area (Å²) < 4.78 is 27.6. The zero-order chi connectivity index (χ0) is 13.2. The zero-order valence-electron chi connectivity index (χ0n) is 9.61. The Morgan fingerprint density at radius 1 is 1.39 bits per heavy atom. The quantitative estimate of drug-likeness (QED) is 0.820. The van der Waals surface area contributed by atoms with Gasteiger partial charge in [-0.1, -0.05) is 6.07 Å². The molecule has 0 aliphatic carbocycles. The third-order valence-corrected chi connectivity index (χ3v) is 3.48. The monoisotopic (exact) mass is 268 g/mol. The number of sulfonamides is 1. The number of nitrogens with one attached hydrogen (secondary N) is 1. The molecule has 0 aliphatic rings. The molecule has 0 fully saturated rings. The summed E-state index contributed by atoms with van der Waals surface area (Å²) in [6.07, 6.45) is 2.94. The minimum atomic E-state index is -3.74. The fourth-order valence-corrected chi connectivity index (χ4v) is 2.25. The molecule has 2 heterocycles. The van der Waals surface area contributed by atoms with E-state index in [0.717, 1.165) is 0 Å². The first-order chi connectivity index (χ1) is 8.51. The van der Waals surface area contributed by atoms with Crippen LogP contribution < -0.4 is 4.72 Å². The smallest absolute Gasteiger partial charge is 0.280 e. The van der Waals surface area contributed by atoms with Crippen LogP contribution in [0.5, 0.6) is 0 Å². The van der Waals surface area contributed by atoms with E-state index in [1.54, 1.807) is 19.3 Å². The summed E-state index contributed by atoms with van der Waals surface area (Å²) in [6.45, 7) is -0.180. The number of hydrogen-bond donors (Lipinski definition) is 2. The Bertz CT molecular complexity index is 633. The van der Waals surface area contributed by atoms with Crippen LogP contribution in [0.15, 0.2) is 35.6 Å². The summed E-state index contributed by atoms with van der Waals surface area (Å²) in [5, 5.41) is 12.6. The van der Waals surface area contributed by atoms with Gasteiger partial charge in [-0.3, -0.25) is 9.40 Å². The van der Waals surface area contributed by atoms with Crippen molar-refractivity contribution in [1.82, 2.24) is 14.8 Å². The highest BCUT2D eigenvalue weighted by atomic mass is 32.2. The molecule has 0 aliphatic heterocycles. The Kier molecular flexibility index (Phi) is 3.30. The van der Waals surface area contributed by atoms with Crippen molar-refractivity contribution in [1.29, 1.82) is 0 Å². The van der Waals surface area contributed by atoms with Gasteiger partial charge < -0.3 is 5.11 Å². The van der Waals surface area contributed by atoms with Crippen LogP contribution in [0.2, 0.25) is 0 Å². The predicted molar refractivity (Wildman–Crippen MR) is 64.2 cm³/mol. The molecule has 2 rings (SSSR count). The third kappa shape index (κ3) is 2.66. The Labute approximate surface area is 104 Å². The van der Waals surface area contributed by atoms with E-state index in [1.807, 2.05) is 0 Å². The summed E-state index contributed by atoms with van der Waals surface area (Å²) in [4.78, 5) is 3.78. The molecular weight excluding hydrogens is 256 g/mol. The number of hydrogen-bond acceptors (Lipinski definition) is 5. The van der Waals surface area contributed by atoms with Gasteiger partial charge >= 0.3 is 0 Å². The van der Waals surface area contributed by atoms with Crippen LogP contribution in [-0.2, 0) is 23.7 Å². The molecule has 0 radical (unpaired) electrons. The summed E-state index contributed by atoms with van der Waals surface area (Å²) in [5.41, 5.74) is 0.548. The molecule has 0 atom stereocenters. The van der Waals surface area contributed by atoms with Gasteiger partial charge in [-0.15, -0.1) is 0 Å². The molecule has 96 valence electrons. The second kappa shape index (κ2) is 4.75. The third-order valence-electron chi connectivity index (χ3n) is 2.21. The van der Waals surface area contributed by atoms with Gasteiger partial charge in [0.05, 0.1) is 6.61 Å². The highest BCUT2D eigenvalue weighted by molar-refractivity contribution is 7.92. The van der Waals surface area contributed by atoms with Crippen LogP contribution in [0, 0.1) is 0 Å². The summed E-state index contributed by atoms with van der Waals surface area (Å²) in [6, 6.07) is 4.37. The second-order valence-electron chi connectivity index (χ2n) is 3.64. The van der Waals surface area contributed by atoms with Gasteiger partial charge in [0.1, 0.15) is 0 Å². The number of pyridine rings is 1. The van der Waals surface area contributed by atoms with Gasteiger partial charge in [-0.2, -0.15) is 13.5 Å². The van der Waals surface area contributed by atoms with E-state index in [-0.39, 0.29) is 17.5 Å². The summed E-state index contributed by atoms with van der Waals surface area (Å²) in [5.74, 6) is 0.227. The lowest BCUT2D eigenvalue weighted by Gasteiger charge is -2.04. The van der Waals surface area contributed by atoms with Gasteiger partial charge in [0.25, 0.3) is 10.0 Å². The first kappa shape index (κ1) is 12.5. The largest absolute Gasteiger partial charge is 0.392 e. The van der Waals surface area contributed by atoms with E-state index in [2.05, 4.69) is 14.8 Å². The number of nitrogens with zero attached hydrogens (tertiary/aromatic N) is 3. The van der Waals surface area contributed by atoms with E-state index < -0.39 is 10.0 Å². The molecule has 2 aromatic heterocycles. The van der Waals surface area contributed by atoms with Crippen LogP contribution in [0.1, 0.15) is 5.56 Å². The Hall–Kier alpha value is -1.93. The lowest BCUT2D eigenvalue weighted by atomic mass is 10.3. The van der Waals surface area contributed by atoms with Crippen LogP contribution in [0.4, 0.5) is 5.82 Å². The molecule has 0 saturated carbocycles. The molecule has 0 saturated heterocycles. The number of aromatic nitrogens is 3. The second-order valence-corrected chi connectivity index (χ2v) is 5.27. The lowest BCUT2D eigenvalue weighted by Crippen LogP contribution is -2.15. The highest BCUT2D eigenvalue weighted by Crippen LogP contribution is 2.12. The van der Waals surface area contributed by atoms with Gasteiger partial charge in [0.15, 0.2) is 10.8 Å². The van der Waals surface area contributed by atoms with Crippen molar-refractivity contribution in [3.05, 3.63) is 36.2 Å². The average Bonchev–Trinajstić information content (AvgIpc) is 2.74. The van der Waals surface area contributed by atoms with Gasteiger partial charge in [0.2, 0.25) is 0 Å². The SMILES string of the molecule is Cn1ccc(NS(=O)(=O)c2ccc(CO)cn2)n1. The van der Waals surface area contributed by atoms with E-state index in [9.17, 15) is 8.42 Å². The standard InChI is InChI=1S/C10H12N4O3S/c1-14-5-4-9(12-14)13-18(16,17)10-3-2-8(7-15)6-11-10/h2-6,15H,7H2,1H3,(H,12,13). The van der Waals surface area contributed by atoms with Gasteiger partial charge in [-0.05, 0) is 11.6 Å². The fourth-order valence-electron chi connectivity index (χ4n) is 1.32.